The van der Waals surface area contributed by atoms with Crippen molar-refractivity contribution >= 4 is 11.6 Å². The van der Waals surface area contributed by atoms with Crippen molar-refractivity contribution in [3.05, 3.63) is 34.7 Å². The third kappa shape index (κ3) is 1.91. The lowest BCUT2D eigenvalue weighted by Gasteiger charge is -2.09. The summed E-state index contributed by atoms with van der Waals surface area (Å²) in [4.78, 5) is 7.33. The molecule has 0 aliphatic heterocycles. The van der Waals surface area contributed by atoms with E-state index in [4.69, 9.17) is 16.3 Å². The summed E-state index contributed by atoms with van der Waals surface area (Å²) in [7, 11) is 1.65. The molecule has 0 spiro atoms. The lowest BCUT2D eigenvalue weighted by atomic mass is 10.1. The second kappa shape index (κ2) is 4.18. The van der Waals surface area contributed by atoms with Crippen LogP contribution in [0.25, 0.3) is 11.3 Å². The van der Waals surface area contributed by atoms with E-state index in [2.05, 4.69) is 9.97 Å². The van der Waals surface area contributed by atoms with Crippen LogP contribution < -0.4 is 4.74 Å². The molecule has 1 aromatic carbocycles. The average Bonchev–Trinajstić information content (AvgIpc) is 2.68. The second-order valence-electron chi connectivity index (χ2n) is 3.68. The first-order valence-corrected chi connectivity index (χ1v) is 5.35. The molecule has 84 valence electrons. The fourth-order valence-electron chi connectivity index (χ4n) is 1.59. The first-order valence-electron chi connectivity index (χ1n) is 4.98. The normalized spacial score (nSPS) is 10.5. The van der Waals surface area contributed by atoms with Gasteiger partial charge in [0, 0.05) is 10.6 Å². The topological polar surface area (TPSA) is 37.9 Å². The SMILES string of the molecule is COc1cc(C)c(Cl)cc1-c1cnc(C)[nH]1. The van der Waals surface area contributed by atoms with E-state index in [0.29, 0.717) is 0 Å². The van der Waals surface area contributed by atoms with E-state index in [0.717, 1.165) is 33.4 Å². The molecule has 2 aromatic rings. The number of aromatic amines is 1. The number of methoxy groups -OCH3 is 1. The molecule has 4 heteroatoms. The minimum Gasteiger partial charge on any atom is -0.496 e. The molecule has 0 bridgehead atoms. The van der Waals surface area contributed by atoms with Crippen LogP contribution >= 0.6 is 11.6 Å². The molecule has 0 unspecified atom stereocenters. The Labute approximate surface area is 99.4 Å². The highest BCUT2D eigenvalue weighted by molar-refractivity contribution is 6.31. The van der Waals surface area contributed by atoms with E-state index in [1.807, 2.05) is 26.0 Å². The number of H-pyrrole nitrogens is 1. The summed E-state index contributed by atoms with van der Waals surface area (Å²) < 4.78 is 5.34. The molecular weight excluding hydrogens is 224 g/mol. The third-order valence-corrected chi connectivity index (χ3v) is 2.88. The van der Waals surface area contributed by atoms with Crippen LogP contribution in [-0.4, -0.2) is 17.1 Å². The summed E-state index contributed by atoms with van der Waals surface area (Å²) in [6.07, 6.45) is 1.78. The Morgan fingerprint density at radius 1 is 1.31 bits per heavy atom. The number of imidazole rings is 1. The number of hydrogen-bond acceptors (Lipinski definition) is 2. The molecule has 16 heavy (non-hydrogen) atoms. The molecule has 0 aliphatic carbocycles. The van der Waals surface area contributed by atoms with Crippen LogP contribution in [0.15, 0.2) is 18.3 Å². The average molecular weight is 237 g/mol. The summed E-state index contributed by atoms with van der Waals surface area (Å²) in [5.74, 6) is 1.67. The maximum absolute atomic E-state index is 6.11. The van der Waals surface area contributed by atoms with E-state index in [1.54, 1.807) is 13.3 Å². The van der Waals surface area contributed by atoms with E-state index in [9.17, 15) is 0 Å². The van der Waals surface area contributed by atoms with Crippen molar-refractivity contribution in [2.24, 2.45) is 0 Å². The van der Waals surface area contributed by atoms with Gasteiger partial charge in [-0.3, -0.25) is 0 Å². The number of nitrogens with one attached hydrogen (secondary N) is 1. The van der Waals surface area contributed by atoms with Crippen molar-refractivity contribution in [2.45, 2.75) is 13.8 Å². The molecule has 0 amide bonds. The van der Waals surface area contributed by atoms with Crippen LogP contribution in [0.3, 0.4) is 0 Å². The molecule has 0 saturated heterocycles. The molecule has 1 aromatic heterocycles. The minimum atomic E-state index is 0.725. The summed E-state index contributed by atoms with van der Waals surface area (Å²) in [5, 5.41) is 0.725. The van der Waals surface area contributed by atoms with Crippen molar-refractivity contribution in [2.75, 3.05) is 7.11 Å². The smallest absolute Gasteiger partial charge is 0.128 e. The number of hydrogen-bond donors (Lipinski definition) is 1. The van der Waals surface area contributed by atoms with E-state index in [-0.39, 0.29) is 0 Å². The van der Waals surface area contributed by atoms with Gasteiger partial charge in [0.2, 0.25) is 0 Å². The van der Waals surface area contributed by atoms with Crippen LogP contribution in [-0.2, 0) is 0 Å². The summed E-state index contributed by atoms with van der Waals surface area (Å²) in [6.45, 7) is 3.86. The number of aryl methyl sites for hydroxylation is 2. The van der Waals surface area contributed by atoms with Crippen molar-refractivity contribution in [1.82, 2.24) is 9.97 Å². The van der Waals surface area contributed by atoms with Gasteiger partial charge >= 0.3 is 0 Å². The van der Waals surface area contributed by atoms with Gasteiger partial charge in [-0.2, -0.15) is 0 Å². The first kappa shape index (κ1) is 11.0. The van der Waals surface area contributed by atoms with E-state index < -0.39 is 0 Å². The predicted molar refractivity (Wildman–Crippen MR) is 65.1 cm³/mol. The van der Waals surface area contributed by atoms with Gasteiger partial charge in [-0.1, -0.05) is 11.6 Å². The van der Waals surface area contributed by atoms with Crippen LogP contribution in [0.4, 0.5) is 0 Å². The highest BCUT2D eigenvalue weighted by Gasteiger charge is 2.10. The fraction of sp³-hybridized carbons (Fsp3) is 0.250. The molecule has 1 heterocycles. The van der Waals surface area contributed by atoms with Gasteiger partial charge < -0.3 is 9.72 Å². The third-order valence-electron chi connectivity index (χ3n) is 2.47. The van der Waals surface area contributed by atoms with Gasteiger partial charge in [0.25, 0.3) is 0 Å². The van der Waals surface area contributed by atoms with Crippen LogP contribution in [0.1, 0.15) is 11.4 Å². The van der Waals surface area contributed by atoms with Gasteiger partial charge in [0.15, 0.2) is 0 Å². The Balaban J connectivity index is 2.59. The van der Waals surface area contributed by atoms with Gasteiger partial charge in [0.1, 0.15) is 11.6 Å². The number of ether oxygens (including phenoxy) is 1. The molecule has 2 rings (SSSR count). The van der Waals surface area contributed by atoms with Crippen LogP contribution in [0.5, 0.6) is 5.75 Å². The second-order valence-corrected chi connectivity index (χ2v) is 4.09. The first-order chi connectivity index (χ1) is 7.61. The van der Waals surface area contributed by atoms with Gasteiger partial charge in [0.05, 0.1) is 19.0 Å². The zero-order valence-electron chi connectivity index (χ0n) is 9.47. The maximum atomic E-state index is 6.11. The lowest BCUT2D eigenvalue weighted by molar-refractivity contribution is 0.416. The standard InChI is InChI=1S/C12H13ClN2O/c1-7-4-12(16-3)9(5-10(7)13)11-6-14-8(2)15-11/h4-6H,1-3H3,(H,14,15). The number of rotatable bonds is 2. The molecule has 3 nitrogen and oxygen atoms in total. The number of nitrogens with zero attached hydrogens (tertiary/aromatic N) is 1. The molecule has 0 fully saturated rings. The lowest BCUT2D eigenvalue weighted by Crippen LogP contribution is -1.90. The Morgan fingerprint density at radius 3 is 2.62 bits per heavy atom. The Bertz CT molecular complexity index is 520. The summed E-state index contributed by atoms with van der Waals surface area (Å²) in [6, 6.07) is 3.82. The largest absolute Gasteiger partial charge is 0.496 e. The molecule has 0 aliphatic rings. The summed E-state index contributed by atoms with van der Waals surface area (Å²) in [5.41, 5.74) is 2.84. The minimum absolute atomic E-state index is 0.725. The number of aromatic nitrogens is 2. The highest BCUT2D eigenvalue weighted by Crippen LogP contribution is 2.33. The number of halogens is 1. The molecule has 0 radical (unpaired) electrons. The zero-order chi connectivity index (χ0) is 11.7. The fourth-order valence-corrected chi connectivity index (χ4v) is 1.76. The van der Waals surface area contributed by atoms with Crippen molar-refractivity contribution < 1.29 is 4.74 Å². The molecule has 0 saturated carbocycles. The molecular formula is C12H13ClN2O. The Kier molecular flexibility index (Phi) is 2.88. The van der Waals surface area contributed by atoms with Crippen LogP contribution in [0, 0.1) is 13.8 Å². The van der Waals surface area contributed by atoms with Crippen molar-refractivity contribution in [3.63, 3.8) is 0 Å². The Hall–Kier alpha value is -1.48. The van der Waals surface area contributed by atoms with Crippen molar-refractivity contribution in [1.29, 1.82) is 0 Å². The highest BCUT2D eigenvalue weighted by atomic mass is 35.5. The van der Waals surface area contributed by atoms with Crippen LogP contribution in [0.2, 0.25) is 5.02 Å². The van der Waals surface area contributed by atoms with E-state index in [1.165, 1.54) is 0 Å². The number of benzene rings is 1. The molecule has 0 atom stereocenters. The molecule has 1 N–H and O–H groups in total. The predicted octanol–water partition coefficient (Wildman–Crippen LogP) is 3.36. The zero-order valence-corrected chi connectivity index (χ0v) is 10.2. The van der Waals surface area contributed by atoms with Gasteiger partial charge in [-0.05, 0) is 31.5 Å². The van der Waals surface area contributed by atoms with Crippen molar-refractivity contribution in [3.8, 4) is 17.0 Å². The quantitative estimate of drug-likeness (QED) is 0.868. The maximum Gasteiger partial charge on any atom is 0.128 e. The van der Waals surface area contributed by atoms with Gasteiger partial charge in [-0.25, -0.2) is 4.98 Å². The van der Waals surface area contributed by atoms with Gasteiger partial charge in [-0.15, -0.1) is 0 Å². The monoisotopic (exact) mass is 236 g/mol. The Morgan fingerprint density at radius 2 is 2.06 bits per heavy atom. The van der Waals surface area contributed by atoms with E-state index >= 15 is 0 Å². The summed E-state index contributed by atoms with van der Waals surface area (Å²) >= 11 is 6.11.